The van der Waals surface area contributed by atoms with Crippen molar-refractivity contribution in [3.8, 4) is 0 Å². The highest BCUT2D eigenvalue weighted by Gasteiger charge is 2.33. The lowest BCUT2D eigenvalue weighted by Crippen LogP contribution is -2.42. The number of halogens is 3. The Hall–Kier alpha value is -1.03. The summed E-state index contributed by atoms with van der Waals surface area (Å²) in [7, 11) is 0. The van der Waals surface area contributed by atoms with Gasteiger partial charge in [0, 0.05) is 19.6 Å². The Bertz CT molecular complexity index is 544. The van der Waals surface area contributed by atoms with Gasteiger partial charge in [-0.2, -0.15) is 13.2 Å². The van der Waals surface area contributed by atoms with Crippen molar-refractivity contribution in [1.82, 2.24) is 15.1 Å². The van der Waals surface area contributed by atoms with Gasteiger partial charge in [0.05, 0.1) is 5.75 Å². The smallest absolute Gasteiger partial charge is 0.347 e. The molecule has 0 unspecified atom stereocenters. The lowest BCUT2D eigenvalue weighted by atomic mass is 10.2. The molecule has 10 heteroatoms. The highest BCUT2D eigenvalue weighted by Crippen LogP contribution is 2.30. The van der Waals surface area contributed by atoms with Gasteiger partial charge in [-0.05, 0) is 18.8 Å². The summed E-state index contributed by atoms with van der Waals surface area (Å²) in [5.74, 6) is -0.606. The number of rotatable bonds is 7. The molecule has 0 aromatic carbocycles. The fourth-order valence-electron chi connectivity index (χ4n) is 2.42. The molecule has 1 saturated heterocycles. The van der Waals surface area contributed by atoms with Crippen molar-refractivity contribution in [2.24, 2.45) is 5.92 Å². The van der Waals surface area contributed by atoms with Crippen molar-refractivity contribution in [3.63, 3.8) is 0 Å². The van der Waals surface area contributed by atoms with E-state index in [1.807, 2.05) is 0 Å². The lowest BCUT2D eigenvalue weighted by molar-refractivity contribution is -0.160. The minimum absolute atomic E-state index is 0.0235. The van der Waals surface area contributed by atoms with Gasteiger partial charge in [0.25, 0.3) is 0 Å². The molecule has 0 N–H and O–H groups in total. The Morgan fingerprint density at radius 3 is 2.58 bits per heavy atom. The van der Waals surface area contributed by atoms with Crippen molar-refractivity contribution in [2.45, 2.75) is 37.2 Å². The number of thioether (sulfide) groups is 1. The Labute approximate surface area is 147 Å². The lowest BCUT2D eigenvalue weighted by Gasteiger charge is -2.25. The molecule has 136 valence electrons. The molecule has 1 amide bonds. The standard InChI is InChI=1S/C14H21F3N4OS2/c1-10(2)7-21(9-14(15,16)17)11(22)8-23-13-19-18-12(24-13)20-5-3-4-6-20/h10H,3-9H2,1-2H3. The average molecular weight is 382 g/mol. The van der Waals surface area contributed by atoms with Crippen LogP contribution >= 0.6 is 23.1 Å². The summed E-state index contributed by atoms with van der Waals surface area (Å²) >= 11 is 2.53. The first-order valence-corrected chi connectivity index (χ1v) is 9.60. The molecular weight excluding hydrogens is 361 g/mol. The topological polar surface area (TPSA) is 49.3 Å². The van der Waals surface area contributed by atoms with Gasteiger partial charge >= 0.3 is 6.18 Å². The Balaban J connectivity index is 1.89. The summed E-state index contributed by atoms with van der Waals surface area (Å²) in [6.07, 6.45) is -2.13. The molecule has 5 nitrogen and oxygen atoms in total. The van der Waals surface area contributed by atoms with Gasteiger partial charge in [-0.3, -0.25) is 4.79 Å². The van der Waals surface area contributed by atoms with Crippen LogP contribution < -0.4 is 4.90 Å². The van der Waals surface area contributed by atoms with Gasteiger partial charge in [0.2, 0.25) is 11.0 Å². The van der Waals surface area contributed by atoms with E-state index in [2.05, 4.69) is 15.1 Å². The van der Waals surface area contributed by atoms with Crippen LogP contribution in [0.4, 0.5) is 18.3 Å². The number of nitrogens with zero attached hydrogens (tertiary/aromatic N) is 4. The summed E-state index contributed by atoms with van der Waals surface area (Å²) < 4.78 is 38.5. The van der Waals surface area contributed by atoms with Gasteiger partial charge in [0.1, 0.15) is 6.54 Å². The zero-order chi connectivity index (χ0) is 17.7. The maximum absolute atomic E-state index is 12.6. The molecular formula is C14H21F3N4OS2. The van der Waals surface area contributed by atoms with E-state index in [1.54, 1.807) is 13.8 Å². The van der Waals surface area contributed by atoms with E-state index in [0.29, 0.717) is 4.34 Å². The third-order valence-electron chi connectivity index (χ3n) is 3.40. The van der Waals surface area contributed by atoms with Crippen LogP contribution in [0.15, 0.2) is 4.34 Å². The van der Waals surface area contributed by atoms with Crippen LogP contribution in [-0.2, 0) is 4.79 Å². The fraction of sp³-hybridized carbons (Fsp3) is 0.786. The second-order valence-corrected chi connectivity index (χ2v) is 8.30. The molecule has 0 saturated carbocycles. The predicted molar refractivity (Wildman–Crippen MR) is 89.6 cm³/mol. The molecule has 0 spiro atoms. The Morgan fingerprint density at radius 2 is 2.00 bits per heavy atom. The monoisotopic (exact) mass is 382 g/mol. The third-order valence-corrected chi connectivity index (χ3v) is 5.50. The fourth-order valence-corrected chi connectivity index (χ4v) is 4.22. The quantitative estimate of drug-likeness (QED) is 0.678. The molecule has 1 aliphatic heterocycles. The molecule has 1 aromatic heterocycles. The molecule has 0 aliphatic carbocycles. The number of anilines is 1. The predicted octanol–water partition coefficient (Wildman–Crippen LogP) is 3.28. The maximum Gasteiger partial charge on any atom is 0.406 e. The molecule has 0 bridgehead atoms. The largest absolute Gasteiger partial charge is 0.406 e. The van der Waals surface area contributed by atoms with Crippen molar-refractivity contribution in [1.29, 1.82) is 0 Å². The van der Waals surface area contributed by atoms with E-state index in [0.717, 1.165) is 47.7 Å². The summed E-state index contributed by atoms with van der Waals surface area (Å²) in [6, 6.07) is 0. The van der Waals surface area contributed by atoms with Crippen LogP contribution in [0.3, 0.4) is 0 Å². The number of carbonyl (C=O) groups is 1. The second-order valence-electron chi connectivity index (χ2n) is 6.12. The van der Waals surface area contributed by atoms with Gasteiger partial charge in [-0.25, -0.2) is 0 Å². The first kappa shape index (κ1) is 19.3. The van der Waals surface area contributed by atoms with Crippen LogP contribution in [0.5, 0.6) is 0 Å². The number of amides is 1. The van der Waals surface area contributed by atoms with Crippen molar-refractivity contribution < 1.29 is 18.0 Å². The van der Waals surface area contributed by atoms with Crippen molar-refractivity contribution in [3.05, 3.63) is 0 Å². The molecule has 1 aliphatic rings. The van der Waals surface area contributed by atoms with E-state index < -0.39 is 18.6 Å². The van der Waals surface area contributed by atoms with Crippen molar-refractivity contribution >= 4 is 34.1 Å². The molecule has 2 heterocycles. The highest BCUT2D eigenvalue weighted by atomic mass is 32.2. The van der Waals surface area contributed by atoms with E-state index in [-0.39, 0.29) is 18.2 Å². The molecule has 1 fully saturated rings. The minimum Gasteiger partial charge on any atom is -0.347 e. The molecule has 0 atom stereocenters. The number of alkyl halides is 3. The molecule has 24 heavy (non-hydrogen) atoms. The Kier molecular flexibility index (Phi) is 6.73. The number of hydrogen-bond acceptors (Lipinski definition) is 6. The van der Waals surface area contributed by atoms with Gasteiger partial charge < -0.3 is 9.80 Å². The van der Waals surface area contributed by atoms with Gasteiger partial charge in [0.15, 0.2) is 4.34 Å². The number of aromatic nitrogens is 2. The van der Waals surface area contributed by atoms with Crippen LogP contribution in [0.25, 0.3) is 0 Å². The van der Waals surface area contributed by atoms with Crippen LogP contribution in [-0.4, -0.2) is 59.1 Å². The van der Waals surface area contributed by atoms with Gasteiger partial charge in [-0.1, -0.05) is 36.9 Å². The minimum atomic E-state index is -4.39. The van der Waals surface area contributed by atoms with Crippen molar-refractivity contribution in [2.75, 3.05) is 36.8 Å². The second kappa shape index (κ2) is 8.37. The molecule has 0 radical (unpaired) electrons. The van der Waals surface area contributed by atoms with Gasteiger partial charge in [-0.15, -0.1) is 10.2 Å². The van der Waals surface area contributed by atoms with Crippen LogP contribution in [0, 0.1) is 5.92 Å². The van der Waals surface area contributed by atoms with E-state index in [1.165, 1.54) is 11.3 Å². The maximum atomic E-state index is 12.6. The van der Waals surface area contributed by atoms with Crippen LogP contribution in [0.2, 0.25) is 0 Å². The molecule has 2 rings (SSSR count). The van der Waals surface area contributed by atoms with E-state index >= 15 is 0 Å². The average Bonchev–Trinajstić information content (AvgIpc) is 3.12. The van der Waals surface area contributed by atoms with E-state index in [4.69, 9.17) is 0 Å². The zero-order valence-electron chi connectivity index (χ0n) is 13.7. The SMILES string of the molecule is CC(C)CN(CC(F)(F)F)C(=O)CSc1nnc(N2CCCC2)s1. The normalized spacial score (nSPS) is 15.3. The summed E-state index contributed by atoms with van der Waals surface area (Å²) in [5, 5.41) is 8.94. The third kappa shape index (κ3) is 6.12. The number of carbonyl (C=O) groups excluding carboxylic acids is 1. The molecule has 1 aromatic rings. The number of hydrogen-bond donors (Lipinski definition) is 0. The highest BCUT2D eigenvalue weighted by molar-refractivity contribution is 8.01. The summed E-state index contributed by atoms with van der Waals surface area (Å²) in [4.78, 5) is 15.2. The Morgan fingerprint density at radius 1 is 1.33 bits per heavy atom. The first-order chi connectivity index (χ1) is 11.2. The summed E-state index contributed by atoms with van der Waals surface area (Å²) in [5.41, 5.74) is 0. The first-order valence-electron chi connectivity index (χ1n) is 7.80. The zero-order valence-corrected chi connectivity index (χ0v) is 15.3. The summed E-state index contributed by atoms with van der Waals surface area (Å²) in [6.45, 7) is 4.36. The van der Waals surface area contributed by atoms with E-state index in [9.17, 15) is 18.0 Å². The van der Waals surface area contributed by atoms with Crippen LogP contribution in [0.1, 0.15) is 26.7 Å².